The molecule has 0 spiro atoms. The zero-order chi connectivity index (χ0) is 22.2. The van der Waals surface area contributed by atoms with E-state index in [1.54, 1.807) is 18.7 Å². The van der Waals surface area contributed by atoms with Gasteiger partial charge in [-0.25, -0.2) is 4.68 Å². The van der Waals surface area contributed by atoms with Crippen LogP contribution in [0.5, 0.6) is 11.5 Å². The number of carbonyl (C=O) groups excluding carboxylic acids is 1. The van der Waals surface area contributed by atoms with Gasteiger partial charge in [0.2, 0.25) is 5.43 Å². The highest BCUT2D eigenvalue weighted by molar-refractivity contribution is 5.92. The molecular formula is C24H27N3O4. The fourth-order valence-corrected chi connectivity index (χ4v) is 3.07. The predicted octanol–water partition coefficient (Wildman–Crippen LogP) is 3.66. The minimum atomic E-state index is -0.531. The number of rotatable bonds is 9. The number of para-hydroxylation sites is 1. The van der Waals surface area contributed by atoms with Gasteiger partial charge in [0, 0.05) is 18.3 Å². The molecule has 1 heterocycles. The lowest BCUT2D eigenvalue weighted by Gasteiger charge is -2.13. The molecular weight excluding hydrogens is 394 g/mol. The van der Waals surface area contributed by atoms with Crippen molar-refractivity contribution in [3.05, 3.63) is 81.8 Å². The number of aromatic nitrogens is 2. The molecule has 0 fully saturated rings. The number of carbonyl (C=O) groups is 1. The lowest BCUT2D eigenvalue weighted by Crippen LogP contribution is -2.31. The number of nitrogens with zero attached hydrogens (tertiary/aromatic N) is 2. The van der Waals surface area contributed by atoms with Gasteiger partial charge >= 0.3 is 0 Å². The Balaban J connectivity index is 1.74. The Morgan fingerprint density at radius 2 is 1.87 bits per heavy atom. The van der Waals surface area contributed by atoms with Gasteiger partial charge in [0.25, 0.3) is 5.91 Å². The van der Waals surface area contributed by atoms with Crippen molar-refractivity contribution in [2.75, 3.05) is 13.7 Å². The van der Waals surface area contributed by atoms with E-state index >= 15 is 0 Å². The van der Waals surface area contributed by atoms with E-state index in [1.807, 2.05) is 48.5 Å². The molecule has 1 amide bonds. The minimum Gasteiger partial charge on any atom is -0.493 e. The van der Waals surface area contributed by atoms with Crippen LogP contribution in [-0.2, 0) is 6.54 Å². The molecule has 162 valence electrons. The monoisotopic (exact) mass is 421 g/mol. The summed E-state index contributed by atoms with van der Waals surface area (Å²) in [6.07, 6.45) is 2.01. The number of hydrogen-bond donors (Lipinski definition) is 1. The summed E-state index contributed by atoms with van der Waals surface area (Å²) in [6.45, 7) is 4.73. The lowest BCUT2D eigenvalue weighted by molar-refractivity contribution is 0.0943. The van der Waals surface area contributed by atoms with Crippen LogP contribution < -0.4 is 20.2 Å². The van der Waals surface area contributed by atoms with E-state index in [1.165, 1.54) is 6.07 Å². The number of unbranched alkanes of at least 4 members (excludes halogenated alkanes) is 1. The maximum atomic E-state index is 12.7. The SMILES string of the molecule is CCCCOc1ccc(CNC(=O)c2nn(-c3ccccc3)c(C)cc2=O)cc1OC. The average Bonchev–Trinajstić information content (AvgIpc) is 2.78. The zero-order valence-electron chi connectivity index (χ0n) is 18.1. The maximum Gasteiger partial charge on any atom is 0.276 e. The fraction of sp³-hybridized carbons (Fsp3) is 0.292. The largest absolute Gasteiger partial charge is 0.493 e. The Hall–Kier alpha value is -3.61. The van der Waals surface area contributed by atoms with Crippen molar-refractivity contribution in [3.8, 4) is 17.2 Å². The van der Waals surface area contributed by atoms with Crippen LogP contribution in [0.2, 0.25) is 0 Å². The van der Waals surface area contributed by atoms with E-state index in [9.17, 15) is 9.59 Å². The quantitative estimate of drug-likeness (QED) is 0.533. The molecule has 7 nitrogen and oxygen atoms in total. The molecule has 3 rings (SSSR count). The number of aryl methyl sites for hydroxylation is 1. The Morgan fingerprint density at radius 3 is 2.58 bits per heavy atom. The standard InChI is InChI=1S/C24H27N3O4/c1-4-5-13-31-21-12-11-18(15-22(21)30-3)16-25-24(29)23-20(28)14-17(2)27(26-23)19-9-7-6-8-10-19/h6-12,14-15H,4-5,13,16H2,1-3H3,(H,25,29). The first-order valence-corrected chi connectivity index (χ1v) is 10.3. The van der Waals surface area contributed by atoms with Gasteiger partial charge in [-0.1, -0.05) is 37.6 Å². The van der Waals surface area contributed by atoms with Gasteiger partial charge in [0.1, 0.15) is 0 Å². The van der Waals surface area contributed by atoms with Gasteiger partial charge in [0.15, 0.2) is 17.2 Å². The molecule has 0 aliphatic heterocycles. The van der Waals surface area contributed by atoms with Crippen molar-refractivity contribution in [2.24, 2.45) is 0 Å². The van der Waals surface area contributed by atoms with Crippen LogP contribution in [-0.4, -0.2) is 29.4 Å². The van der Waals surface area contributed by atoms with Crippen LogP contribution in [0.3, 0.4) is 0 Å². The summed E-state index contributed by atoms with van der Waals surface area (Å²) in [6, 6.07) is 16.3. The number of amides is 1. The first-order chi connectivity index (χ1) is 15.0. The van der Waals surface area contributed by atoms with E-state index in [0.29, 0.717) is 23.8 Å². The van der Waals surface area contributed by atoms with Gasteiger partial charge in [-0.3, -0.25) is 9.59 Å². The first-order valence-electron chi connectivity index (χ1n) is 10.3. The third-order valence-corrected chi connectivity index (χ3v) is 4.76. The molecule has 0 bridgehead atoms. The molecule has 1 aromatic heterocycles. The van der Waals surface area contributed by atoms with E-state index < -0.39 is 11.3 Å². The molecule has 0 radical (unpaired) electrons. The molecule has 3 aromatic rings. The molecule has 0 saturated heterocycles. The molecule has 0 aliphatic carbocycles. The van der Waals surface area contributed by atoms with Crippen molar-refractivity contribution in [1.29, 1.82) is 0 Å². The number of nitrogens with one attached hydrogen (secondary N) is 1. The normalized spacial score (nSPS) is 10.5. The van der Waals surface area contributed by atoms with Gasteiger partial charge in [-0.15, -0.1) is 0 Å². The summed E-state index contributed by atoms with van der Waals surface area (Å²) in [5.74, 6) is 0.733. The third-order valence-electron chi connectivity index (χ3n) is 4.76. The maximum absolute atomic E-state index is 12.7. The molecule has 7 heteroatoms. The highest BCUT2D eigenvalue weighted by Gasteiger charge is 2.15. The van der Waals surface area contributed by atoms with Crippen LogP contribution in [0.25, 0.3) is 5.69 Å². The van der Waals surface area contributed by atoms with Crippen LogP contribution in [0.15, 0.2) is 59.4 Å². The van der Waals surface area contributed by atoms with E-state index in [-0.39, 0.29) is 12.2 Å². The number of ether oxygens (including phenoxy) is 2. The molecule has 1 N–H and O–H groups in total. The molecule has 2 aromatic carbocycles. The summed E-state index contributed by atoms with van der Waals surface area (Å²) < 4.78 is 12.7. The second kappa shape index (κ2) is 10.4. The Kier molecular flexibility index (Phi) is 7.43. The van der Waals surface area contributed by atoms with Crippen molar-refractivity contribution >= 4 is 5.91 Å². The second-order valence-corrected chi connectivity index (χ2v) is 7.12. The molecule has 0 saturated carbocycles. The summed E-state index contributed by atoms with van der Waals surface area (Å²) in [5, 5.41) is 7.06. The van der Waals surface area contributed by atoms with E-state index in [2.05, 4.69) is 17.3 Å². The fourth-order valence-electron chi connectivity index (χ4n) is 3.07. The smallest absolute Gasteiger partial charge is 0.276 e. The number of methoxy groups -OCH3 is 1. The minimum absolute atomic E-state index is 0.152. The highest BCUT2D eigenvalue weighted by Crippen LogP contribution is 2.28. The van der Waals surface area contributed by atoms with Gasteiger partial charge < -0.3 is 14.8 Å². The van der Waals surface area contributed by atoms with Crippen LogP contribution in [0.4, 0.5) is 0 Å². The molecule has 0 atom stereocenters. The van der Waals surface area contributed by atoms with Crippen LogP contribution in [0, 0.1) is 6.92 Å². The lowest BCUT2D eigenvalue weighted by atomic mass is 10.2. The third kappa shape index (κ3) is 5.51. The van der Waals surface area contributed by atoms with Crippen molar-refractivity contribution in [1.82, 2.24) is 15.1 Å². The summed E-state index contributed by atoms with van der Waals surface area (Å²) in [4.78, 5) is 25.1. The second-order valence-electron chi connectivity index (χ2n) is 7.12. The van der Waals surface area contributed by atoms with Crippen molar-refractivity contribution in [2.45, 2.75) is 33.2 Å². The summed E-state index contributed by atoms with van der Waals surface area (Å²) in [5.41, 5.74) is 1.68. The average molecular weight is 421 g/mol. The Morgan fingerprint density at radius 1 is 1.10 bits per heavy atom. The molecule has 0 aliphatic rings. The van der Waals surface area contributed by atoms with Gasteiger partial charge in [-0.2, -0.15) is 5.10 Å². The molecule has 0 unspecified atom stereocenters. The van der Waals surface area contributed by atoms with Crippen LogP contribution >= 0.6 is 0 Å². The van der Waals surface area contributed by atoms with Crippen molar-refractivity contribution in [3.63, 3.8) is 0 Å². The number of hydrogen-bond acceptors (Lipinski definition) is 5. The van der Waals surface area contributed by atoms with E-state index in [0.717, 1.165) is 24.1 Å². The Labute approximate surface area is 181 Å². The zero-order valence-corrected chi connectivity index (χ0v) is 18.1. The van der Waals surface area contributed by atoms with Gasteiger partial charge in [-0.05, 0) is 43.2 Å². The number of benzene rings is 2. The predicted molar refractivity (Wildman–Crippen MR) is 119 cm³/mol. The van der Waals surface area contributed by atoms with E-state index in [4.69, 9.17) is 9.47 Å². The molecule has 31 heavy (non-hydrogen) atoms. The highest BCUT2D eigenvalue weighted by atomic mass is 16.5. The van der Waals surface area contributed by atoms with Crippen molar-refractivity contribution < 1.29 is 14.3 Å². The van der Waals surface area contributed by atoms with Gasteiger partial charge in [0.05, 0.1) is 19.4 Å². The summed E-state index contributed by atoms with van der Waals surface area (Å²) >= 11 is 0. The van der Waals surface area contributed by atoms with Crippen LogP contribution in [0.1, 0.15) is 41.5 Å². The Bertz CT molecular complexity index is 1090. The summed E-state index contributed by atoms with van der Waals surface area (Å²) in [7, 11) is 1.58. The first kappa shape index (κ1) is 22.1. The topological polar surface area (TPSA) is 82.5 Å².